The zero-order valence-corrected chi connectivity index (χ0v) is 6.77. The molecule has 0 unspecified atom stereocenters. The van der Waals surface area contributed by atoms with Gasteiger partial charge in [0.15, 0.2) is 0 Å². The molecule has 0 heterocycles. The Bertz CT molecular complexity index is 294. The third kappa shape index (κ3) is 2.26. The van der Waals surface area contributed by atoms with Crippen molar-refractivity contribution in [1.29, 1.82) is 0 Å². The van der Waals surface area contributed by atoms with Gasteiger partial charge in [0, 0.05) is 0 Å². The number of aliphatic hydroxyl groups is 1. The van der Waals surface area contributed by atoms with E-state index in [9.17, 15) is 9.18 Å². The largest absolute Gasteiger partial charge is 0.481 e. The maximum atomic E-state index is 12.4. The molecule has 4 heteroatoms. The topological polar surface area (TPSA) is 57.5 Å². The van der Waals surface area contributed by atoms with Crippen molar-refractivity contribution in [3.05, 3.63) is 35.6 Å². The molecule has 0 bridgehead atoms. The van der Waals surface area contributed by atoms with Crippen LogP contribution in [0, 0.1) is 5.82 Å². The summed E-state index contributed by atoms with van der Waals surface area (Å²) in [6.45, 7) is -0.485. The van der Waals surface area contributed by atoms with E-state index < -0.39 is 24.3 Å². The second-order valence-corrected chi connectivity index (χ2v) is 2.62. The number of aliphatic hydroxyl groups excluding tert-OH is 1. The van der Waals surface area contributed by atoms with E-state index in [0.717, 1.165) is 0 Å². The van der Waals surface area contributed by atoms with Gasteiger partial charge in [0.05, 0.1) is 6.61 Å². The zero-order valence-electron chi connectivity index (χ0n) is 6.77. The van der Waals surface area contributed by atoms with Crippen LogP contribution in [0.3, 0.4) is 0 Å². The van der Waals surface area contributed by atoms with Gasteiger partial charge in [-0.1, -0.05) is 12.1 Å². The van der Waals surface area contributed by atoms with Gasteiger partial charge >= 0.3 is 5.97 Å². The summed E-state index contributed by atoms with van der Waals surface area (Å²) in [7, 11) is 0. The number of carboxylic acids is 1. The highest BCUT2D eigenvalue weighted by Gasteiger charge is 2.18. The van der Waals surface area contributed by atoms with Crippen molar-refractivity contribution in [1.82, 2.24) is 0 Å². The number of carbonyl (C=O) groups is 1. The Hall–Kier alpha value is -1.42. The fourth-order valence-corrected chi connectivity index (χ4v) is 1.02. The summed E-state index contributed by atoms with van der Waals surface area (Å²) in [5.74, 6) is -2.51. The van der Waals surface area contributed by atoms with Crippen LogP contribution in [0.4, 0.5) is 4.39 Å². The molecule has 0 aliphatic rings. The third-order valence-corrected chi connectivity index (χ3v) is 1.75. The van der Waals surface area contributed by atoms with Crippen molar-refractivity contribution < 1.29 is 19.4 Å². The predicted octanol–water partition coefficient (Wildman–Crippen LogP) is 0.986. The summed E-state index contributed by atoms with van der Waals surface area (Å²) in [6.07, 6.45) is 0. The molecule has 0 aromatic heterocycles. The highest BCUT2D eigenvalue weighted by atomic mass is 19.1. The summed E-state index contributed by atoms with van der Waals surface area (Å²) in [6, 6.07) is 5.04. The van der Waals surface area contributed by atoms with Gasteiger partial charge in [-0.05, 0) is 17.7 Å². The van der Waals surface area contributed by atoms with Crippen LogP contribution in [0.25, 0.3) is 0 Å². The minimum absolute atomic E-state index is 0.399. The van der Waals surface area contributed by atoms with Crippen molar-refractivity contribution in [2.45, 2.75) is 5.92 Å². The highest BCUT2D eigenvalue weighted by molar-refractivity contribution is 5.76. The Balaban J connectivity index is 2.92. The van der Waals surface area contributed by atoms with E-state index in [4.69, 9.17) is 10.2 Å². The number of halogens is 1. The Morgan fingerprint density at radius 1 is 1.38 bits per heavy atom. The minimum atomic E-state index is -1.12. The molecular formula is C9H9FO3. The van der Waals surface area contributed by atoms with E-state index >= 15 is 0 Å². The number of hydrogen-bond acceptors (Lipinski definition) is 2. The van der Waals surface area contributed by atoms with Crippen LogP contribution in [0.2, 0.25) is 0 Å². The van der Waals surface area contributed by atoms with Crippen LogP contribution in [0.5, 0.6) is 0 Å². The maximum Gasteiger partial charge on any atom is 0.313 e. The van der Waals surface area contributed by atoms with Crippen LogP contribution < -0.4 is 0 Å². The molecule has 0 radical (unpaired) electrons. The van der Waals surface area contributed by atoms with Crippen molar-refractivity contribution in [3.8, 4) is 0 Å². The van der Waals surface area contributed by atoms with E-state index in [-0.39, 0.29) is 0 Å². The molecule has 2 N–H and O–H groups in total. The maximum absolute atomic E-state index is 12.4. The number of benzene rings is 1. The molecule has 1 aromatic carbocycles. The number of rotatable bonds is 3. The van der Waals surface area contributed by atoms with Crippen molar-refractivity contribution in [2.24, 2.45) is 0 Å². The molecule has 0 fully saturated rings. The third-order valence-electron chi connectivity index (χ3n) is 1.75. The fraction of sp³-hybridized carbons (Fsp3) is 0.222. The first-order valence-electron chi connectivity index (χ1n) is 3.74. The van der Waals surface area contributed by atoms with Gasteiger partial charge < -0.3 is 10.2 Å². The Kier molecular flexibility index (Phi) is 2.97. The lowest BCUT2D eigenvalue weighted by Gasteiger charge is -2.08. The van der Waals surface area contributed by atoms with Crippen LogP contribution in [-0.4, -0.2) is 22.8 Å². The molecular weight excluding hydrogens is 175 g/mol. The lowest BCUT2D eigenvalue weighted by Crippen LogP contribution is -2.15. The van der Waals surface area contributed by atoms with Crippen LogP contribution >= 0.6 is 0 Å². The van der Waals surface area contributed by atoms with Gasteiger partial charge in [0.2, 0.25) is 0 Å². The molecule has 0 amide bonds. The first-order valence-corrected chi connectivity index (χ1v) is 3.74. The van der Waals surface area contributed by atoms with Crippen molar-refractivity contribution in [2.75, 3.05) is 6.61 Å². The van der Waals surface area contributed by atoms with Gasteiger partial charge in [-0.2, -0.15) is 0 Å². The number of hydrogen-bond donors (Lipinski definition) is 2. The minimum Gasteiger partial charge on any atom is -0.481 e. The molecule has 70 valence electrons. The molecule has 0 saturated heterocycles. The molecule has 1 rings (SSSR count). The monoisotopic (exact) mass is 184 g/mol. The van der Waals surface area contributed by atoms with Gasteiger partial charge in [-0.15, -0.1) is 0 Å². The van der Waals surface area contributed by atoms with Crippen molar-refractivity contribution in [3.63, 3.8) is 0 Å². The second-order valence-electron chi connectivity index (χ2n) is 2.62. The summed E-state index contributed by atoms with van der Waals surface area (Å²) in [4.78, 5) is 10.6. The SMILES string of the molecule is O=C(O)[C@@H](CO)c1ccc(F)cc1. The standard InChI is InChI=1S/C9H9FO3/c10-7-3-1-6(2-4-7)8(5-11)9(12)13/h1-4,8,11H,5H2,(H,12,13)/t8-/m0/s1. The van der Waals surface area contributed by atoms with E-state index in [1.165, 1.54) is 24.3 Å². The molecule has 3 nitrogen and oxygen atoms in total. The summed E-state index contributed by atoms with van der Waals surface area (Å²) >= 11 is 0. The Labute approximate surface area is 74.4 Å². The normalized spacial score (nSPS) is 12.5. The fourth-order valence-electron chi connectivity index (χ4n) is 1.02. The summed E-state index contributed by atoms with van der Waals surface area (Å²) < 4.78 is 12.4. The molecule has 0 spiro atoms. The molecule has 1 atom stereocenters. The number of carboxylic acid groups (broad SMARTS) is 1. The van der Waals surface area contributed by atoms with E-state index in [2.05, 4.69) is 0 Å². The highest BCUT2D eigenvalue weighted by Crippen LogP contribution is 2.15. The van der Waals surface area contributed by atoms with Crippen LogP contribution in [-0.2, 0) is 4.79 Å². The van der Waals surface area contributed by atoms with E-state index in [1.807, 2.05) is 0 Å². The predicted molar refractivity (Wildman–Crippen MR) is 43.9 cm³/mol. The lowest BCUT2D eigenvalue weighted by atomic mass is 10.0. The Morgan fingerprint density at radius 2 is 1.92 bits per heavy atom. The number of aliphatic carboxylic acids is 1. The molecule has 13 heavy (non-hydrogen) atoms. The zero-order chi connectivity index (χ0) is 9.84. The summed E-state index contributed by atoms with van der Waals surface area (Å²) in [5.41, 5.74) is 0.399. The van der Waals surface area contributed by atoms with Gasteiger partial charge in [-0.25, -0.2) is 4.39 Å². The average Bonchev–Trinajstić information content (AvgIpc) is 2.09. The van der Waals surface area contributed by atoms with Crippen molar-refractivity contribution >= 4 is 5.97 Å². The first kappa shape index (κ1) is 9.67. The van der Waals surface area contributed by atoms with Crippen LogP contribution in [0.15, 0.2) is 24.3 Å². The average molecular weight is 184 g/mol. The molecule has 0 saturated carbocycles. The van der Waals surface area contributed by atoms with Gasteiger partial charge in [0.25, 0.3) is 0 Å². The second kappa shape index (κ2) is 4.00. The van der Waals surface area contributed by atoms with E-state index in [1.54, 1.807) is 0 Å². The molecule has 1 aromatic rings. The molecule has 0 aliphatic heterocycles. The summed E-state index contributed by atoms with van der Waals surface area (Å²) in [5, 5.41) is 17.4. The quantitative estimate of drug-likeness (QED) is 0.736. The van der Waals surface area contributed by atoms with E-state index in [0.29, 0.717) is 5.56 Å². The first-order chi connectivity index (χ1) is 6.15. The Morgan fingerprint density at radius 3 is 2.31 bits per heavy atom. The van der Waals surface area contributed by atoms with Gasteiger partial charge in [-0.3, -0.25) is 4.79 Å². The smallest absolute Gasteiger partial charge is 0.313 e. The lowest BCUT2D eigenvalue weighted by molar-refractivity contribution is -0.139. The van der Waals surface area contributed by atoms with Crippen LogP contribution in [0.1, 0.15) is 11.5 Å². The molecule has 0 aliphatic carbocycles. The van der Waals surface area contributed by atoms with Gasteiger partial charge in [0.1, 0.15) is 11.7 Å².